The van der Waals surface area contributed by atoms with E-state index in [1.165, 1.54) is 0 Å². The molecule has 4 nitrogen and oxygen atoms in total. The molecule has 0 atom stereocenters. The van der Waals surface area contributed by atoms with Gasteiger partial charge in [-0.2, -0.15) is 0 Å². The van der Waals surface area contributed by atoms with Gasteiger partial charge >= 0.3 is 0 Å². The Labute approximate surface area is 117 Å². The molecule has 0 rings (SSSR count). The molecule has 1 amide bonds. The molecule has 0 unspecified atom stereocenters. The van der Waals surface area contributed by atoms with Crippen molar-refractivity contribution < 1.29 is 14.3 Å². The van der Waals surface area contributed by atoms with Crippen molar-refractivity contribution in [1.29, 1.82) is 0 Å². The standard InChI is InChI=1S/C15H29NO3/c1-14(2,3)11-13(18)16(6)15(4,5)12(17)9-8-10-19-7/h8-11H2,1-7H3. The zero-order valence-electron chi connectivity index (χ0n) is 13.5. The Balaban J connectivity index is 4.61. The molecule has 19 heavy (non-hydrogen) atoms. The fourth-order valence-electron chi connectivity index (χ4n) is 1.75. The monoisotopic (exact) mass is 271 g/mol. The Hall–Kier alpha value is -0.900. The van der Waals surface area contributed by atoms with Crippen molar-refractivity contribution in [2.75, 3.05) is 20.8 Å². The van der Waals surface area contributed by atoms with Crippen molar-refractivity contribution in [3.8, 4) is 0 Å². The molecule has 0 bridgehead atoms. The van der Waals surface area contributed by atoms with Gasteiger partial charge in [-0.05, 0) is 25.7 Å². The van der Waals surface area contributed by atoms with E-state index in [0.717, 1.165) is 0 Å². The third kappa shape index (κ3) is 6.19. The van der Waals surface area contributed by atoms with Gasteiger partial charge in [0.25, 0.3) is 0 Å². The number of Topliss-reactive ketones (excluding diaryl/α,β-unsaturated/α-hetero) is 1. The number of carbonyl (C=O) groups excluding carboxylic acids is 2. The first-order chi connectivity index (χ1) is 8.52. The van der Waals surface area contributed by atoms with Gasteiger partial charge in [-0.1, -0.05) is 20.8 Å². The summed E-state index contributed by atoms with van der Waals surface area (Å²) < 4.78 is 4.95. The van der Waals surface area contributed by atoms with E-state index < -0.39 is 5.54 Å². The molecule has 0 aliphatic rings. The first kappa shape index (κ1) is 18.1. The first-order valence-electron chi connectivity index (χ1n) is 6.81. The zero-order valence-corrected chi connectivity index (χ0v) is 13.5. The maximum Gasteiger partial charge on any atom is 0.223 e. The Kier molecular flexibility index (Phi) is 6.70. The van der Waals surface area contributed by atoms with Gasteiger partial charge < -0.3 is 9.64 Å². The number of carbonyl (C=O) groups is 2. The molecule has 0 aromatic carbocycles. The van der Waals surface area contributed by atoms with Crippen molar-refractivity contribution >= 4 is 11.7 Å². The molecule has 4 heteroatoms. The minimum atomic E-state index is -0.754. The SMILES string of the molecule is COCCCC(=O)C(C)(C)N(C)C(=O)CC(C)(C)C. The number of amides is 1. The van der Waals surface area contributed by atoms with Gasteiger partial charge in [-0.3, -0.25) is 9.59 Å². The van der Waals surface area contributed by atoms with Crippen molar-refractivity contribution in [3.05, 3.63) is 0 Å². The van der Waals surface area contributed by atoms with E-state index in [0.29, 0.717) is 25.9 Å². The predicted octanol–water partition coefficient (Wildman–Crippen LogP) is 2.66. The highest BCUT2D eigenvalue weighted by Gasteiger charge is 2.35. The summed E-state index contributed by atoms with van der Waals surface area (Å²) in [4.78, 5) is 26.0. The molecule has 0 N–H and O–H groups in total. The highest BCUT2D eigenvalue weighted by molar-refractivity contribution is 5.92. The highest BCUT2D eigenvalue weighted by Crippen LogP contribution is 2.24. The van der Waals surface area contributed by atoms with Crippen LogP contribution in [-0.2, 0) is 14.3 Å². The lowest BCUT2D eigenvalue weighted by Crippen LogP contribution is -2.51. The lowest BCUT2D eigenvalue weighted by Gasteiger charge is -2.36. The molecule has 0 aromatic heterocycles. The smallest absolute Gasteiger partial charge is 0.223 e. The largest absolute Gasteiger partial charge is 0.385 e. The lowest BCUT2D eigenvalue weighted by molar-refractivity contribution is -0.144. The van der Waals surface area contributed by atoms with Gasteiger partial charge in [-0.25, -0.2) is 0 Å². The second-order valence-electron chi connectivity index (χ2n) is 6.77. The number of rotatable bonds is 7. The highest BCUT2D eigenvalue weighted by atomic mass is 16.5. The lowest BCUT2D eigenvalue weighted by atomic mass is 9.89. The Morgan fingerprint density at radius 1 is 1.11 bits per heavy atom. The summed E-state index contributed by atoms with van der Waals surface area (Å²) in [5.41, 5.74) is -0.823. The summed E-state index contributed by atoms with van der Waals surface area (Å²) >= 11 is 0. The molecule has 0 aliphatic carbocycles. The Bertz CT molecular complexity index is 316. The van der Waals surface area contributed by atoms with Crippen LogP contribution in [-0.4, -0.2) is 42.9 Å². The van der Waals surface area contributed by atoms with Crippen molar-refractivity contribution in [2.45, 2.75) is 59.4 Å². The maximum atomic E-state index is 12.2. The topological polar surface area (TPSA) is 46.6 Å². The third-order valence-corrected chi connectivity index (χ3v) is 3.33. The van der Waals surface area contributed by atoms with E-state index in [1.54, 1.807) is 19.1 Å². The quantitative estimate of drug-likeness (QED) is 0.669. The summed E-state index contributed by atoms with van der Waals surface area (Å²) in [6.45, 7) is 10.2. The molecule has 0 aliphatic heterocycles. The summed E-state index contributed by atoms with van der Waals surface area (Å²) in [6, 6.07) is 0. The first-order valence-corrected chi connectivity index (χ1v) is 6.81. The number of hydrogen-bond donors (Lipinski definition) is 0. The Morgan fingerprint density at radius 3 is 2.05 bits per heavy atom. The number of nitrogens with zero attached hydrogens (tertiary/aromatic N) is 1. The molecular weight excluding hydrogens is 242 g/mol. The van der Waals surface area contributed by atoms with Crippen molar-refractivity contribution in [2.24, 2.45) is 5.41 Å². The van der Waals surface area contributed by atoms with Gasteiger partial charge in [0.1, 0.15) is 0 Å². The van der Waals surface area contributed by atoms with E-state index in [-0.39, 0.29) is 17.1 Å². The van der Waals surface area contributed by atoms with Crippen LogP contribution in [0.15, 0.2) is 0 Å². The number of likely N-dealkylation sites (N-methyl/N-ethyl adjacent to an activating group) is 1. The van der Waals surface area contributed by atoms with Gasteiger partial charge in [0, 0.05) is 33.6 Å². The molecule has 0 aromatic rings. The van der Waals surface area contributed by atoms with E-state index >= 15 is 0 Å². The maximum absolute atomic E-state index is 12.2. The molecule has 0 radical (unpaired) electrons. The summed E-state index contributed by atoms with van der Waals surface area (Å²) in [7, 11) is 3.33. The summed E-state index contributed by atoms with van der Waals surface area (Å²) in [6.07, 6.45) is 1.58. The molecule has 112 valence electrons. The van der Waals surface area contributed by atoms with Crippen molar-refractivity contribution in [3.63, 3.8) is 0 Å². The number of methoxy groups -OCH3 is 1. The summed E-state index contributed by atoms with van der Waals surface area (Å²) in [5.74, 6) is 0.0897. The summed E-state index contributed by atoms with van der Waals surface area (Å²) in [5, 5.41) is 0. The minimum absolute atomic E-state index is 0.0117. The molecule has 0 saturated heterocycles. The fraction of sp³-hybridized carbons (Fsp3) is 0.867. The second kappa shape index (κ2) is 7.04. The number of hydrogen-bond acceptors (Lipinski definition) is 3. The van der Waals surface area contributed by atoms with Crippen LogP contribution in [0.2, 0.25) is 0 Å². The Morgan fingerprint density at radius 2 is 1.63 bits per heavy atom. The molecular formula is C15H29NO3. The van der Waals surface area contributed by atoms with Crippen LogP contribution < -0.4 is 0 Å². The van der Waals surface area contributed by atoms with Crippen LogP contribution in [0.3, 0.4) is 0 Å². The fourth-order valence-corrected chi connectivity index (χ4v) is 1.75. The van der Waals surface area contributed by atoms with E-state index in [1.807, 2.05) is 34.6 Å². The van der Waals surface area contributed by atoms with Gasteiger partial charge in [-0.15, -0.1) is 0 Å². The van der Waals surface area contributed by atoms with Crippen LogP contribution in [0.25, 0.3) is 0 Å². The van der Waals surface area contributed by atoms with Crippen LogP contribution >= 0.6 is 0 Å². The average Bonchev–Trinajstić information content (AvgIpc) is 2.25. The molecule has 0 heterocycles. The average molecular weight is 271 g/mol. The van der Waals surface area contributed by atoms with Crippen LogP contribution in [0.4, 0.5) is 0 Å². The normalized spacial score (nSPS) is 12.4. The molecule has 0 saturated carbocycles. The molecule has 0 fully saturated rings. The van der Waals surface area contributed by atoms with Gasteiger partial charge in [0.05, 0.1) is 5.54 Å². The second-order valence-corrected chi connectivity index (χ2v) is 6.77. The van der Waals surface area contributed by atoms with E-state index in [9.17, 15) is 9.59 Å². The van der Waals surface area contributed by atoms with Gasteiger partial charge in [0.2, 0.25) is 5.91 Å². The minimum Gasteiger partial charge on any atom is -0.385 e. The number of ether oxygens (including phenoxy) is 1. The van der Waals surface area contributed by atoms with Crippen LogP contribution in [0, 0.1) is 5.41 Å². The van der Waals surface area contributed by atoms with Crippen LogP contribution in [0.1, 0.15) is 53.9 Å². The van der Waals surface area contributed by atoms with E-state index in [4.69, 9.17) is 4.74 Å². The predicted molar refractivity (Wildman–Crippen MR) is 77.0 cm³/mol. The zero-order chi connectivity index (χ0) is 15.3. The van der Waals surface area contributed by atoms with Crippen molar-refractivity contribution in [1.82, 2.24) is 4.90 Å². The van der Waals surface area contributed by atoms with E-state index in [2.05, 4.69) is 0 Å². The molecule has 0 spiro atoms. The third-order valence-electron chi connectivity index (χ3n) is 3.33. The van der Waals surface area contributed by atoms with Gasteiger partial charge in [0.15, 0.2) is 5.78 Å². The van der Waals surface area contributed by atoms with Crippen LogP contribution in [0.5, 0.6) is 0 Å². The number of ketones is 1.